The van der Waals surface area contributed by atoms with E-state index in [0.717, 1.165) is 16.7 Å². The standard InChI is InChI=1S/C21H21NO4/c1-12-8-13(2)16(14(3)9-12)11-17-21(23)26-20(22-17)15-6-7-18(24-4)19(10-15)25-5/h6-11H,1-5H3/b17-11-. The zero-order valence-electron chi connectivity index (χ0n) is 15.5. The average Bonchev–Trinajstić information content (AvgIpc) is 2.98. The van der Waals surface area contributed by atoms with Gasteiger partial charge in [0.2, 0.25) is 5.90 Å². The Hall–Kier alpha value is -3.08. The molecule has 0 saturated carbocycles. The first kappa shape index (κ1) is 17.7. The Morgan fingerprint density at radius 2 is 1.62 bits per heavy atom. The zero-order valence-corrected chi connectivity index (χ0v) is 15.5. The summed E-state index contributed by atoms with van der Waals surface area (Å²) in [6.45, 7) is 6.09. The molecule has 134 valence electrons. The molecule has 0 amide bonds. The van der Waals surface area contributed by atoms with Gasteiger partial charge in [0, 0.05) is 5.56 Å². The number of carbonyl (C=O) groups excluding carboxylic acids is 1. The molecule has 26 heavy (non-hydrogen) atoms. The van der Waals surface area contributed by atoms with Gasteiger partial charge in [-0.3, -0.25) is 0 Å². The van der Waals surface area contributed by atoms with Crippen LogP contribution in [0.4, 0.5) is 0 Å². The third kappa shape index (κ3) is 3.33. The molecule has 2 aromatic carbocycles. The van der Waals surface area contributed by atoms with Crippen molar-refractivity contribution >= 4 is 17.9 Å². The van der Waals surface area contributed by atoms with Crippen molar-refractivity contribution < 1.29 is 19.0 Å². The Morgan fingerprint density at radius 1 is 0.962 bits per heavy atom. The van der Waals surface area contributed by atoms with Crippen LogP contribution in [-0.4, -0.2) is 26.1 Å². The predicted octanol–water partition coefficient (Wildman–Crippen LogP) is 3.97. The van der Waals surface area contributed by atoms with Gasteiger partial charge in [-0.2, -0.15) is 0 Å². The summed E-state index contributed by atoms with van der Waals surface area (Å²) in [4.78, 5) is 16.6. The normalized spacial score (nSPS) is 15.0. The quantitative estimate of drug-likeness (QED) is 0.618. The van der Waals surface area contributed by atoms with Crippen molar-refractivity contribution in [2.24, 2.45) is 4.99 Å². The zero-order chi connectivity index (χ0) is 18.8. The van der Waals surface area contributed by atoms with Crippen LogP contribution in [0.3, 0.4) is 0 Å². The molecule has 0 aliphatic carbocycles. The lowest BCUT2D eigenvalue weighted by molar-refractivity contribution is -0.129. The Balaban J connectivity index is 2.00. The summed E-state index contributed by atoms with van der Waals surface area (Å²) in [6, 6.07) is 9.42. The number of methoxy groups -OCH3 is 2. The molecular weight excluding hydrogens is 330 g/mol. The van der Waals surface area contributed by atoms with Crippen molar-refractivity contribution in [3.63, 3.8) is 0 Å². The number of carbonyl (C=O) groups is 1. The van der Waals surface area contributed by atoms with Crippen molar-refractivity contribution in [3.8, 4) is 11.5 Å². The van der Waals surface area contributed by atoms with Crippen molar-refractivity contribution in [2.45, 2.75) is 20.8 Å². The molecule has 0 aromatic heterocycles. The van der Waals surface area contributed by atoms with Crippen LogP contribution in [0.2, 0.25) is 0 Å². The molecule has 0 spiro atoms. The highest BCUT2D eigenvalue weighted by Gasteiger charge is 2.25. The first-order valence-electron chi connectivity index (χ1n) is 8.25. The minimum absolute atomic E-state index is 0.254. The van der Waals surface area contributed by atoms with Crippen LogP contribution in [0.1, 0.15) is 27.8 Å². The predicted molar refractivity (Wildman–Crippen MR) is 101 cm³/mol. The second kappa shape index (κ2) is 7.04. The van der Waals surface area contributed by atoms with Crippen LogP contribution in [0, 0.1) is 20.8 Å². The summed E-state index contributed by atoms with van der Waals surface area (Å²) >= 11 is 0. The summed E-state index contributed by atoms with van der Waals surface area (Å²) in [7, 11) is 3.12. The van der Waals surface area contributed by atoms with Crippen molar-refractivity contribution in [2.75, 3.05) is 14.2 Å². The lowest BCUT2D eigenvalue weighted by Crippen LogP contribution is -2.06. The Labute approximate surface area is 152 Å². The molecule has 0 saturated heterocycles. The first-order chi connectivity index (χ1) is 12.4. The van der Waals surface area contributed by atoms with Gasteiger partial charge in [-0.25, -0.2) is 9.79 Å². The van der Waals surface area contributed by atoms with E-state index in [0.29, 0.717) is 17.1 Å². The third-order valence-electron chi connectivity index (χ3n) is 4.27. The van der Waals surface area contributed by atoms with Gasteiger partial charge in [0.25, 0.3) is 0 Å². The SMILES string of the molecule is COc1ccc(C2=N/C(=C\c3c(C)cc(C)cc3C)C(=O)O2)cc1OC. The molecule has 0 bridgehead atoms. The van der Waals surface area contributed by atoms with Gasteiger partial charge in [0.15, 0.2) is 17.2 Å². The first-order valence-corrected chi connectivity index (χ1v) is 8.25. The van der Waals surface area contributed by atoms with E-state index in [1.54, 1.807) is 38.5 Å². The van der Waals surface area contributed by atoms with E-state index in [4.69, 9.17) is 14.2 Å². The number of hydrogen-bond acceptors (Lipinski definition) is 5. The van der Waals surface area contributed by atoms with Gasteiger partial charge in [0.05, 0.1) is 14.2 Å². The number of aliphatic imine (C=N–C) groups is 1. The van der Waals surface area contributed by atoms with Crippen LogP contribution in [0.15, 0.2) is 41.0 Å². The van der Waals surface area contributed by atoms with Crippen LogP contribution in [-0.2, 0) is 9.53 Å². The maximum Gasteiger partial charge on any atom is 0.363 e. The number of hydrogen-bond donors (Lipinski definition) is 0. The number of rotatable bonds is 4. The fraction of sp³-hybridized carbons (Fsp3) is 0.238. The number of nitrogens with zero attached hydrogens (tertiary/aromatic N) is 1. The van der Waals surface area contributed by atoms with E-state index in [2.05, 4.69) is 17.1 Å². The lowest BCUT2D eigenvalue weighted by atomic mass is 9.99. The second-order valence-electron chi connectivity index (χ2n) is 6.22. The summed E-state index contributed by atoms with van der Waals surface area (Å²) in [6.07, 6.45) is 1.78. The number of cyclic esters (lactones) is 1. The van der Waals surface area contributed by atoms with Crippen LogP contribution < -0.4 is 9.47 Å². The molecule has 1 aliphatic rings. The molecule has 2 aromatic rings. The number of benzene rings is 2. The molecular formula is C21H21NO4. The molecule has 0 atom stereocenters. The summed E-state index contributed by atoms with van der Waals surface area (Å²) in [5.41, 5.74) is 5.29. The second-order valence-corrected chi connectivity index (χ2v) is 6.22. The van der Waals surface area contributed by atoms with Crippen LogP contribution >= 0.6 is 0 Å². The van der Waals surface area contributed by atoms with Crippen molar-refractivity contribution in [1.29, 1.82) is 0 Å². The van der Waals surface area contributed by atoms with Crippen molar-refractivity contribution in [1.82, 2.24) is 0 Å². The van der Waals surface area contributed by atoms with E-state index in [-0.39, 0.29) is 11.6 Å². The monoisotopic (exact) mass is 351 g/mol. The number of ether oxygens (including phenoxy) is 3. The van der Waals surface area contributed by atoms with Gasteiger partial charge in [0.1, 0.15) is 0 Å². The fourth-order valence-electron chi connectivity index (χ4n) is 3.06. The van der Waals surface area contributed by atoms with Crippen LogP contribution in [0.5, 0.6) is 11.5 Å². The smallest absolute Gasteiger partial charge is 0.363 e. The minimum atomic E-state index is -0.464. The third-order valence-corrected chi connectivity index (χ3v) is 4.27. The summed E-state index contributed by atoms with van der Waals surface area (Å²) in [5, 5.41) is 0. The Morgan fingerprint density at radius 3 is 2.23 bits per heavy atom. The maximum atomic E-state index is 12.3. The minimum Gasteiger partial charge on any atom is -0.493 e. The molecule has 3 rings (SSSR count). The highest BCUT2D eigenvalue weighted by Crippen LogP contribution is 2.30. The molecule has 5 nitrogen and oxygen atoms in total. The van der Waals surface area contributed by atoms with Gasteiger partial charge in [-0.05, 0) is 61.7 Å². The van der Waals surface area contributed by atoms with Gasteiger partial charge < -0.3 is 14.2 Å². The molecule has 0 N–H and O–H groups in total. The Bertz CT molecular complexity index is 918. The molecule has 0 radical (unpaired) electrons. The molecule has 0 fully saturated rings. The van der Waals surface area contributed by atoms with E-state index in [1.807, 2.05) is 20.8 Å². The maximum absolute atomic E-state index is 12.3. The topological polar surface area (TPSA) is 57.1 Å². The average molecular weight is 351 g/mol. The van der Waals surface area contributed by atoms with Gasteiger partial charge in [-0.15, -0.1) is 0 Å². The van der Waals surface area contributed by atoms with E-state index in [1.165, 1.54) is 5.56 Å². The lowest BCUT2D eigenvalue weighted by Gasteiger charge is -2.08. The van der Waals surface area contributed by atoms with Crippen LogP contribution in [0.25, 0.3) is 6.08 Å². The number of aryl methyl sites for hydroxylation is 3. The van der Waals surface area contributed by atoms with Crippen molar-refractivity contribution in [3.05, 3.63) is 63.8 Å². The van der Waals surface area contributed by atoms with Gasteiger partial charge in [-0.1, -0.05) is 17.7 Å². The highest BCUT2D eigenvalue weighted by atomic mass is 16.6. The molecule has 1 aliphatic heterocycles. The highest BCUT2D eigenvalue weighted by molar-refractivity contribution is 6.13. The Kier molecular flexibility index (Phi) is 4.80. The van der Waals surface area contributed by atoms with E-state index >= 15 is 0 Å². The molecule has 5 heteroatoms. The van der Waals surface area contributed by atoms with E-state index < -0.39 is 5.97 Å². The molecule has 1 heterocycles. The van der Waals surface area contributed by atoms with Gasteiger partial charge >= 0.3 is 5.97 Å². The van der Waals surface area contributed by atoms with E-state index in [9.17, 15) is 4.79 Å². The molecule has 0 unspecified atom stereocenters. The number of esters is 1. The summed E-state index contributed by atoms with van der Waals surface area (Å²) in [5.74, 6) is 0.938. The largest absolute Gasteiger partial charge is 0.493 e. The summed E-state index contributed by atoms with van der Waals surface area (Å²) < 4.78 is 15.9. The fourth-order valence-corrected chi connectivity index (χ4v) is 3.06.